The second-order valence-electron chi connectivity index (χ2n) is 4.60. The molecule has 0 aliphatic carbocycles. The lowest BCUT2D eigenvalue weighted by atomic mass is 10.3. The summed E-state index contributed by atoms with van der Waals surface area (Å²) >= 11 is 8.11. The molecule has 122 valence electrons. The van der Waals surface area contributed by atoms with Crippen molar-refractivity contribution in [1.82, 2.24) is 4.57 Å². The van der Waals surface area contributed by atoms with Gasteiger partial charge in [-0.05, 0) is 31.2 Å². The number of benzene rings is 1. The van der Waals surface area contributed by atoms with Crippen LogP contribution >= 0.6 is 34.3 Å². The summed E-state index contributed by atoms with van der Waals surface area (Å²) in [5, 5.41) is 0. The molecular weight excluding hydrogens is 376 g/mol. The Morgan fingerprint density at radius 1 is 1.26 bits per heavy atom. The molecule has 9 heteroatoms. The van der Waals surface area contributed by atoms with E-state index >= 15 is 0 Å². The number of aromatic nitrogens is 1. The Morgan fingerprint density at radius 3 is 2.70 bits per heavy atom. The van der Waals surface area contributed by atoms with E-state index in [9.17, 15) is 8.42 Å². The van der Waals surface area contributed by atoms with E-state index in [-0.39, 0.29) is 4.21 Å². The van der Waals surface area contributed by atoms with Crippen molar-refractivity contribution in [2.24, 2.45) is 11.4 Å². The van der Waals surface area contributed by atoms with Crippen LogP contribution in [0.25, 0.3) is 10.2 Å². The number of fused-ring (bicyclic) bond motifs is 1. The summed E-state index contributed by atoms with van der Waals surface area (Å²) < 4.78 is 37.6. The Bertz CT molecular complexity index is 1030. The lowest BCUT2D eigenvalue weighted by Gasteiger charge is -2.05. The lowest BCUT2D eigenvalue weighted by Crippen LogP contribution is -2.13. The minimum Gasteiger partial charge on any atom is -0.492 e. The maximum absolute atomic E-state index is 12.4. The number of hydrogen-bond acceptors (Lipinski definition) is 5. The first kappa shape index (κ1) is 16.5. The van der Waals surface area contributed by atoms with Crippen LogP contribution in [0.2, 0.25) is 4.34 Å². The molecule has 2 heterocycles. The van der Waals surface area contributed by atoms with Crippen LogP contribution in [0.15, 0.2) is 38.9 Å². The molecule has 3 rings (SSSR count). The Morgan fingerprint density at radius 2 is 2.04 bits per heavy atom. The van der Waals surface area contributed by atoms with Crippen molar-refractivity contribution in [3.05, 3.63) is 39.5 Å². The van der Waals surface area contributed by atoms with Gasteiger partial charge in [-0.3, -0.25) is 0 Å². The summed E-state index contributed by atoms with van der Waals surface area (Å²) in [5.74, 6) is 0.710. The first-order valence-corrected chi connectivity index (χ1v) is 10.1. The second kappa shape index (κ2) is 6.27. The molecule has 1 aromatic carbocycles. The average Bonchev–Trinajstić information content (AvgIpc) is 3.05. The zero-order valence-corrected chi connectivity index (χ0v) is 15.5. The number of aryl methyl sites for hydroxylation is 1. The fraction of sp³-hybridized carbons (Fsp3) is 0.214. The highest BCUT2D eigenvalue weighted by atomic mass is 35.5. The van der Waals surface area contributed by atoms with E-state index in [0.29, 0.717) is 21.5 Å². The summed E-state index contributed by atoms with van der Waals surface area (Å²) in [4.78, 5) is 0.386. The topological polar surface area (TPSA) is 60.7 Å². The number of thiophene rings is 1. The molecule has 0 bridgehead atoms. The van der Waals surface area contributed by atoms with Gasteiger partial charge in [-0.25, -0.2) is 0 Å². The van der Waals surface area contributed by atoms with Crippen molar-refractivity contribution in [2.45, 2.75) is 11.1 Å². The number of sulfonamides is 1. The Balaban J connectivity index is 2.21. The predicted molar refractivity (Wildman–Crippen MR) is 94.0 cm³/mol. The van der Waals surface area contributed by atoms with Gasteiger partial charge < -0.3 is 9.30 Å². The molecule has 3 aromatic rings. The molecule has 0 radical (unpaired) electrons. The molecule has 0 unspecified atom stereocenters. The van der Waals surface area contributed by atoms with Gasteiger partial charge in [0.05, 0.1) is 15.6 Å². The SMILES string of the molecule is CCOc1cccc2s/c(=N\S(=O)(=O)c3ccc(Cl)s3)n(C)c12. The number of halogens is 1. The largest absolute Gasteiger partial charge is 0.492 e. The third-order valence-corrected chi connectivity index (χ3v) is 7.26. The number of hydrogen-bond donors (Lipinski definition) is 0. The molecule has 0 atom stereocenters. The summed E-state index contributed by atoms with van der Waals surface area (Å²) in [7, 11) is -2.01. The van der Waals surface area contributed by atoms with Crippen LogP contribution in [0.5, 0.6) is 5.75 Å². The van der Waals surface area contributed by atoms with Crippen LogP contribution in [0, 0.1) is 0 Å². The van der Waals surface area contributed by atoms with E-state index < -0.39 is 10.0 Å². The van der Waals surface area contributed by atoms with Crippen LogP contribution in [-0.4, -0.2) is 19.6 Å². The van der Waals surface area contributed by atoms with E-state index in [0.717, 1.165) is 21.6 Å². The molecule has 2 aromatic heterocycles. The molecule has 5 nitrogen and oxygen atoms in total. The number of thiazole rings is 1. The molecule has 0 aliphatic heterocycles. The first-order chi connectivity index (χ1) is 10.9. The summed E-state index contributed by atoms with van der Waals surface area (Å²) in [6, 6.07) is 8.66. The highest BCUT2D eigenvalue weighted by Crippen LogP contribution is 2.29. The molecule has 0 saturated carbocycles. The summed E-state index contributed by atoms with van der Waals surface area (Å²) in [5.41, 5.74) is 0.831. The average molecular weight is 389 g/mol. The predicted octanol–water partition coefficient (Wildman–Crippen LogP) is 3.64. The smallest absolute Gasteiger partial charge is 0.294 e. The quantitative estimate of drug-likeness (QED) is 0.685. The van der Waals surface area contributed by atoms with Crippen LogP contribution < -0.4 is 9.54 Å². The van der Waals surface area contributed by atoms with Crippen molar-refractivity contribution in [3.63, 3.8) is 0 Å². The molecule has 0 spiro atoms. The van der Waals surface area contributed by atoms with Crippen molar-refractivity contribution in [3.8, 4) is 5.75 Å². The minimum absolute atomic E-state index is 0.130. The van der Waals surface area contributed by atoms with Gasteiger partial charge in [-0.2, -0.15) is 8.42 Å². The van der Waals surface area contributed by atoms with Crippen LogP contribution in [0.4, 0.5) is 0 Å². The van der Waals surface area contributed by atoms with Gasteiger partial charge in [-0.15, -0.1) is 15.7 Å². The van der Waals surface area contributed by atoms with Gasteiger partial charge in [0.15, 0.2) is 0 Å². The highest BCUT2D eigenvalue weighted by Gasteiger charge is 2.17. The number of para-hydroxylation sites is 1. The van der Waals surface area contributed by atoms with E-state index in [1.165, 1.54) is 17.4 Å². The number of ether oxygens (including phenoxy) is 1. The van der Waals surface area contributed by atoms with Gasteiger partial charge in [0.25, 0.3) is 10.0 Å². The van der Waals surface area contributed by atoms with Gasteiger partial charge in [0.1, 0.15) is 15.5 Å². The Kier molecular flexibility index (Phi) is 4.50. The summed E-state index contributed by atoms with van der Waals surface area (Å²) in [6.45, 7) is 2.44. The monoisotopic (exact) mass is 388 g/mol. The van der Waals surface area contributed by atoms with E-state index in [2.05, 4.69) is 4.40 Å². The van der Waals surface area contributed by atoms with Gasteiger partial charge in [0.2, 0.25) is 4.80 Å². The van der Waals surface area contributed by atoms with Crippen LogP contribution in [-0.2, 0) is 17.1 Å². The Hall–Kier alpha value is -1.35. The maximum atomic E-state index is 12.4. The fourth-order valence-electron chi connectivity index (χ4n) is 2.11. The first-order valence-electron chi connectivity index (χ1n) is 6.70. The van der Waals surface area contributed by atoms with Gasteiger partial charge >= 0.3 is 0 Å². The van der Waals surface area contributed by atoms with Crippen LogP contribution in [0.3, 0.4) is 0 Å². The summed E-state index contributed by atoms with van der Waals surface area (Å²) in [6.07, 6.45) is 0. The highest BCUT2D eigenvalue weighted by molar-refractivity contribution is 7.92. The van der Waals surface area contributed by atoms with E-state index in [1.807, 2.05) is 25.1 Å². The van der Waals surface area contributed by atoms with Gasteiger partial charge in [-0.1, -0.05) is 29.0 Å². The molecule has 23 heavy (non-hydrogen) atoms. The van der Waals surface area contributed by atoms with Crippen molar-refractivity contribution < 1.29 is 13.2 Å². The number of nitrogens with zero attached hydrogens (tertiary/aromatic N) is 2. The zero-order chi connectivity index (χ0) is 16.6. The molecule has 0 aliphatic rings. The molecule has 0 fully saturated rings. The van der Waals surface area contributed by atoms with Crippen molar-refractivity contribution >= 4 is 54.5 Å². The third kappa shape index (κ3) is 3.16. The van der Waals surface area contributed by atoms with E-state index in [4.69, 9.17) is 16.3 Å². The number of rotatable bonds is 4. The molecule has 0 saturated heterocycles. The zero-order valence-electron chi connectivity index (χ0n) is 12.3. The fourth-order valence-corrected chi connectivity index (χ4v) is 5.84. The van der Waals surface area contributed by atoms with Gasteiger partial charge in [0, 0.05) is 7.05 Å². The molecule has 0 N–H and O–H groups in total. The van der Waals surface area contributed by atoms with E-state index in [1.54, 1.807) is 17.7 Å². The van der Waals surface area contributed by atoms with Crippen molar-refractivity contribution in [1.29, 1.82) is 0 Å². The maximum Gasteiger partial charge on any atom is 0.294 e. The standard InChI is InChI=1S/C14H13ClN2O3S3/c1-3-20-9-5-4-6-10-13(9)17(2)14(21-10)16-23(18,19)12-8-7-11(15)22-12/h4-8H,3H2,1-2H3/b16-14-. The Labute approximate surface area is 146 Å². The lowest BCUT2D eigenvalue weighted by molar-refractivity contribution is 0.343. The van der Waals surface area contributed by atoms with Crippen LogP contribution in [0.1, 0.15) is 6.92 Å². The normalized spacial score (nSPS) is 12.9. The third-order valence-electron chi connectivity index (χ3n) is 3.09. The molecule has 0 amide bonds. The van der Waals surface area contributed by atoms with Crippen molar-refractivity contribution in [2.75, 3.05) is 6.61 Å². The minimum atomic E-state index is -3.78. The second-order valence-corrected chi connectivity index (χ2v) is 9.16. The molecular formula is C14H13ClN2O3S3.